The van der Waals surface area contributed by atoms with Crippen LogP contribution in [0.15, 0.2) is 36.5 Å². The molecule has 0 radical (unpaired) electrons. The van der Waals surface area contributed by atoms with Crippen LogP contribution in [0.1, 0.15) is 23.0 Å². The lowest BCUT2D eigenvalue weighted by Crippen LogP contribution is -2.14. The van der Waals surface area contributed by atoms with Crippen molar-refractivity contribution in [3.63, 3.8) is 0 Å². The van der Waals surface area contributed by atoms with Crippen molar-refractivity contribution < 1.29 is 14.3 Å². The molecule has 3 N–H and O–H groups in total. The Morgan fingerprint density at radius 3 is 2.86 bits per heavy atom. The zero-order chi connectivity index (χ0) is 15.2. The molecule has 21 heavy (non-hydrogen) atoms. The van der Waals surface area contributed by atoms with Gasteiger partial charge in [0.15, 0.2) is 5.69 Å². The minimum absolute atomic E-state index is 0.0748. The van der Waals surface area contributed by atoms with E-state index in [1.165, 1.54) is 18.3 Å². The molecule has 1 amide bonds. The predicted octanol–water partition coefficient (Wildman–Crippen LogP) is 1.86. The van der Waals surface area contributed by atoms with Gasteiger partial charge in [0.1, 0.15) is 0 Å². The number of anilines is 2. The molecule has 108 valence electrons. The summed E-state index contributed by atoms with van der Waals surface area (Å²) in [7, 11) is 0. The van der Waals surface area contributed by atoms with Crippen LogP contribution in [-0.4, -0.2) is 28.7 Å². The number of hydrogen-bond donors (Lipinski definition) is 2. The Kier molecular flexibility index (Phi) is 4.45. The van der Waals surface area contributed by atoms with Crippen LogP contribution in [0.5, 0.6) is 0 Å². The van der Waals surface area contributed by atoms with Crippen molar-refractivity contribution in [2.45, 2.75) is 6.92 Å². The summed E-state index contributed by atoms with van der Waals surface area (Å²) in [4.78, 5) is 23.7. The van der Waals surface area contributed by atoms with E-state index >= 15 is 0 Å². The van der Waals surface area contributed by atoms with Crippen molar-refractivity contribution in [1.82, 2.24) is 10.2 Å². The fraction of sp³-hybridized carbons (Fsp3) is 0.143. The van der Waals surface area contributed by atoms with Crippen LogP contribution in [0.2, 0.25) is 0 Å². The first kappa shape index (κ1) is 14.4. The monoisotopic (exact) mass is 286 g/mol. The molecule has 1 heterocycles. The summed E-state index contributed by atoms with van der Waals surface area (Å²) in [5, 5.41) is 9.91. The highest BCUT2D eigenvalue weighted by molar-refractivity contribution is 6.11. The fourth-order valence-electron chi connectivity index (χ4n) is 1.68. The van der Waals surface area contributed by atoms with Gasteiger partial charge in [0, 0.05) is 11.3 Å². The molecular weight excluding hydrogens is 272 g/mol. The van der Waals surface area contributed by atoms with Crippen molar-refractivity contribution >= 4 is 23.3 Å². The second-order valence-electron chi connectivity index (χ2n) is 4.09. The Bertz CT molecular complexity index is 673. The lowest BCUT2D eigenvalue weighted by molar-refractivity contribution is 0.103. The van der Waals surface area contributed by atoms with E-state index in [1.807, 2.05) is 0 Å². The second kappa shape index (κ2) is 6.47. The van der Waals surface area contributed by atoms with Crippen molar-refractivity contribution in [3.05, 3.63) is 47.8 Å². The Hall–Kier alpha value is -2.96. The van der Waals surface area contributed by atoms with E-state index in [1.54, 1.807) is 25.1 Å². The normalized spacial score (nSPS) is 9.95. The highest BCUT2D eigenvalue weighted by Gasteiger charge is 2.15. The average molecular weight is 286 g/mol. The van der Waals surface area contributed by atoms with Crippen LogP contribution in [-0.2, 0) is 4.74 Å². The maximum absolute atomic E-state index is 12.3. The summed E-state index contributed by atoms with van der Waals surface area (Å²) in [5.74, 6) is -0.367. The largest absolute Gasteiger partial charge is 0.450 e. The van der Waals surface area contributed by atoms with E-state index in [2.05, 4.69) is 15.5 Å². The number of nitrogens with one attached hydrogen (secondary N) is 1. The molecule has 0 aliphatic heterocycles. The summed E-state index contributed by atoms with van der Waals surface area (Å²) in [6.07, 6.45) is 0.825. The van der Waals surface area contributed by atoms with Gasteiger partial charge in [0.05, 0.1) is 18.5 Å². The number of nitrogens with two attached hydrogens (primary N) is 1. The number of ether oxygens (including phenoxy) is 1. The van der Waals surface area contributed by atoms with E-state index in [9.17, 15) is 9.59 Å². The molecule has 0 saturated carbocycles. The van der Waals surface area contributed by atoms with Crippen LogP contribution >= 0.6 is 0 Å². The predicted molar refractivity (Wildman–Crippen MR) is 77.0 cm³/mol. The van der Waals surface area contributed by atoms with Gasteiger partial charge in [0.25, 0.3) is 0 Å². The maximum Gasteiger partial charge on any atom is 0.411 e. The summed E-state index contributed by atoms with van der Waals surface area (Å²) in [6, 6.07) is 7.91. The third-order valence-corrected chi connectivity index (χ3v) is 2.61. The highest BCUT2D eigenvalue weighted by atomic mass is 16.5. The molecule has 7 heteroatoms. The highest BCUT2D eigenvalue weighted by Crippen LogP contribution is 2.16. The number of carbonyl (C=O) groups is 2. The van der Waals surface area contributed by atoms with E-state index in [-0.39, 0.29) is 23.8 Å². The molecule has 0 unspecified atom stereocenters. The summed E-state index contributed by atoms with van der Waals surface area (Å²) in [6.45, 7) is 1.97. The van der Waals surface area contributed by atoms with E-state index in [4.69, 9.17) is 10.5 Å². The Morgan fingerprint density at radius 2 is 2.14 bits per heavy atom. The zero-order valence-corrected chi connectivity index (χ0v) is 11.4. The van der Waals surface area contributed by atoms with Gasteiger partial charge in [-0.25, -0.2) is 4.79 Å². The van der Waals surface area contributed by atoms with Gasteiger partial charge < -0.3 is 10.5 Å². The molecule has 0 bridgehead atoms. The van der Waals surface area contributed by atoms with Gasteiger partial charge in [-0.2, -0.15) is 5.10 Å². The Balaban J connectivity index is 2.23. The van der Waals surface area contributed by atoms with Crippen molar-refractivity contribution in [2.24, 2.45) is 0 Å². The first-order valence-corrected chi connectivity index (χ1v) is 6.27. The number of carbonyl (C=O) groups excluding carboxylic acids is 2. The molecule has 0 fully saturated rings. The number of aromatic nitrogens is 2. The number of amides is 1. The van der Waals surface area contributed by atoms with Crippen LogP contribution < -0.4 is 11.1 Å². The Morgan fingerprint density at radius 1 is 1.33 bits per heavy atom. The van der Waals surface area contributed by atoms with Gasteiger partial charge in [-0.3, -0.25) is 10.1 Å². The first-order chi connectivity index (χ1) is 10.1. The van der Waals surface area contributed by atoms with Crippen molar-refractivity contribution in [3.8, 4) is 0 Å². The number of benzene rings is 1. The SMILES string of the molecule is CCOC(=O)Nc1cccc(C(=O)c2nnccc2N)c1. The summed E-state index contributed by atoms with van der Waals surface area (Å²) < 4.78 is 4.77. The van der Waals surface area contributed by atoms with Crippen molar-refractivity contribution in [1.29, 1.82) is 0 Å². The van der Waals surface area contributed by atoms with Gasteiger partial charge >= 0.3 is 6.09 Å². The van der Waals surface area contributed by atoms with Crippen molar-refractivity contribution in [2.75, 3.05) is 17.7 Å². The molecular formula is C14H14N4O3. The quantitative estimate of drug-likeness (QED) is 0.831. The fourth-order valence-corrected chi connectivity index (χ4v) is 1.68. The standard InChI is InChI=1S/C14H14N4O3/c1-2-21-14(20)17-10-5-3-4-9(8-10)13(19)12-11(15)6-7-16-18-12/h3-8H,2H2,1H3,(H2,15,16)(H,17,20). The van der Waals surface area contributed by atoms with Gasteiger partial charge in [-0.05, 0) is 25.1 Å². The molecule has 2 rings (SSSR count). The average Bonchev–Trinajstić information content (AvgIpc) is 2.47. The summed E-state index contributed by atoms with van der Waals surface area (Å²) in [5.41, 5.74) is 6.82. The Labute approximate surface area is 121 Å². The third-order valence-electron chi connectivity index (χ3n) is 2.61. The smallest absolute Gasteiger partial charge is 0.411 e. The molecule has 1 aromatic heterocycles. The summed E-state index contributed by atoms with van der Waals surface area (Å²) >= 11 is 0. The molecule has 0 aliphatic rings. The van der Waals surface area contributed by atoms with Crippen LogP contribution in [0.25, 0.3) is 0 Å². The molecule has 0 saturated heterocycles. The molecule has 0 aliphatic carbocycles. The lowest BCUT2D eigenvalue weighted by Gasteiger charge is -2.07. The van der Waals surface area contributed by atoms with Gasteiger partial charge in [-0.15, -0.1) is 5.10 Å². The maximum atomic E-state index is 12.3. The third kappa shape index (κ3) is 3.53. The lowest BCUT2D eigenvalue weighted by atomic mass is 10.1. The van der Waals surface area contributed by atoms with Crippen LogP contribution in [0.4, 0.5) is 16.2 Å². The first-order valence-electron chi connectivity index (χ1n) is 6.27. The van der Waals surface area contributed by atoms with E-state index in [0.29, 0.717) is 11.3 Å². The van der Waals surface area contributed by atoms with Crippen LogP contribution in [0.3, 0.4) is 0 Å². The minimum atomic E-state index is -0.582. The number of rotatable bonds is 4. The number of hydrogen-bond acceptors (Lipinski definition) is 6. The molecule has 0 spiro atoms. The number of ketones is 1. The minimum Gasteiger partial charge on any atom is -0.450 e. The van der Waals surface area contributed by atoms with Gasteiger partial charge in [-0.1, -0.05) is 12.1 Å². The molecule has 1 aromatic carbocycles. The number of nitrogens with zero attached hydrogens (tertiary/aromatic N) is 2. The van der Waals surface area contributed by atoms with E-state index < -0.39 is 6.09 Å². The van der Waals surface area contributed by atoms with Crippen LogP contribution in [0, 0.1) is 0 Å². The zero-order valence-electron chi connectivity index (χ0n) is 11.4. The van der Waals surface area contributed by atoms with E-state index in [0.717, 1.165) is 0 Å². The molecule has 0 atom stereocenters. The molecule has 7 nitrogen and oxygen atoms in total. The second-order valence-corrected chi connectivity index (χ2v) is 4.09. The number of nitrogen functional groups attached to an aromatic ring is 1. The van der Waals surface area contributed by atoms with Gasteiger partial charge in [0.2, 0.25) is 5.78 Å². The molecule has 2 aromatic rings. The topological polar surface area (TPSA) is 107 Å².